The van der Waals surface area contributed by atoms with Gasteiger partial charge >= 0.3 is 0 Å². The summed E-state index contributed by atoms with van der Waals surface area (Å²) in [5, 5.41) is 9.93. The summed E-state index contributed by atoms with van der Waals surface area (Å²) in [6.07, 6.45) is 0. The molecule has 0 aliphatic rings. The summed E-state index contributed by atoms with van der Waals surface area (Å²) in [6.45, 7) is 0. The predicted octanol–water partition coefficient (Wildman–Crippen LogP) is 11.5. The monoisotopic (exact) mass is 550 g/mol. The molecule has 0 N–H and O–H groups in total. The molecule has 43 heavy (non-hydrogen) atoms. The lowest BCUT2D eigenvalue weighted by atomic mass is 10.00. The van der Waals surface area contributed by atoms with Gasteiger partial charge in [-0.05, 0) is 86.9 Å². The normalized spacial score (nSPS) is 11.4. The van der Waals surface area contributed by atoms with Crippen LogP contribution in [0, 0.1) is 0 Å². The number of fused-ring (bicyclic) bond motifs is 4. The van der Waals surface area contributed by atoms with Crippen LogP contribution in [0.4, 0.5) is 28.4 Å². The summed E-state index contributed by atoms with van der Waals surface area (Å²) in [7, 11) is 2.17. The minimum Gasteiger partial charge on any atom is -0.344 e. The van der Waals surface area contributed by atoms with E-state index in [-0.39, 0.29) is 0 Å². The van der Waals surface area contributed by atoms with Crippen molar-refractivity contribution in [2.75, 3.05) is 16.8 Å². The Morgan fingerprint density at radius 2 is 0.721 bits per heavy atom. The molecular weight excluding hydrogens is 520 g/mol. The van der Waals surface area contributed by atoms with Gasteiger partial charge in [0.2, 0.25) is 0 Å². The zero-order valence-corrected chi connectivity index (χ0v) is 24.0. The average Bonchev–Trinajstić information content (AvgIpc) is 3.07. The number of anilines is 5. The maximum Gasteiger partial charge on any atom is 0.0567 e. The first-order valence-corrected chi connectivity index (χ1v) is 14.7. The van der Waals surface area contributed by atoms with Crippen LogP contribution in [0.2, 0.25) is 0 Å². The molecule has 0 aliphatic heterocycles. The Morgan fingerprint density at radius 1 is 0.326 bits per heavy atom. The van der Waals surface area contributed by atoms with Gasteiger partial charge in [-0.2, -0.15) is 0 Å². The van der Waals surface area contributed by atoms with Crippen LogP contribution in [0.5, 0.6) is 0 Å². The van der Waals surface area contributed by atoms with E-state index in [2.05, 4.69) is 181 Å². The fourth-order valence-corrected chi connectivity index (χ4v) is 6.38. The van der Waals surface area contributed by atoms with E-state index in [0.717, 1.165) is 22.7 Å². The van der Waals surface area contributed by atoms with Gasteiger partial charge in [0.25, 0.3) is 0 Å². The highest BCUT2D eigenvalue weighted by atomic mass is 15.1. The van der Waals surface area contributed by atoms with Crippen molar-refractivity contribution >= 4 is 71.5 Å². The maximum atomic E-state index is 2.36. The molecule has 0 aliphatic carbocycles. The van der Waals surface area contributed by atoms with Crippen LogP contribution in [0.1, 0.15) is 0 Å². The molecule has 0 unspecified atom stereocenters. The van der Waals surface area contributed by atoms with Crippen LogP contribution in [0.3, 0.4) is 0 Å². The Kier molecular flexibility index (Phi) is 6.05. The van der Waals surface area contributed by atoms with Crippen molar-refractivity contribution < 1.29 is 0 Å². The van der Waals surface area contributed by atoms with E-state index in [1.807, 2.05) is 0 Å². The van der Waals surface area contributed by atoms with Crippen molar-refractivity contribution in [3.63, 3.8) is 0 Å². The first kappa shape index (κ1) is 25.1. The molecule has 0 bridgehead atoms. The Hall–Kier alpha value is -5.60. The van der Waals surface area contributed by atoms with Gasteiger partial charge in [0.1, 0.15) is 0 Å². The molecule has 0 atom stereocenters. The minimum absolute atomic E-state index is 1.12. The smallest absolute Gasteiger partial charge is 0.0567 e. The van der Waals surface area contributed by atoms with E-state index in [4.69, 9.17) is 0 Å². The molecule has 8 aromatic rings. The molecule has 0 heterocycles. The van der Waals surface area contributed by atoms with Crippen LogP contribution in [0.15, 0.2) is 164 Å². The summed E-state index contributed by atoms with van der Waals surface area (Å²) < 4.78 is 0. The third kappa shape index (κ3) is 4.45. The molecule has 8 aromatic carbocycles. The van der Waals surface area contributed by atoms with Crippen LogP contribution < -0.4 is 9.80 Å². The number of hydrogen-bond acceptors (Lipinski definition) is 2. The fraction of sp³-hybridized carbons (Fsp3) is 0.0244. The molecule has 0 saturated carbocycles. The van der Waals surface area contributed by atoms with E-state index < -0.39 is 0 Å². The van der Waals surface area contributed by atoms with Crippen LogP contribution in [-0.4, -0.2) is 7.05 Å². The van der Waals surface area contributed by atoms with Crippen LogP contribution in [0.25, 0.3) is 43.1 Å². The van der Waals surface area contributed by atoms with Crippen molar-refractivity contribution in [2.45, 2.75) is 0 Å². The first-order valence-electron chi connectivity index (χ1n) is 14.7. The second kappa shape index (κ2) is 10.3. The molecule has 0 saturated heterocycles. The summed E-state index contributed by atoms with van der Waals surface area (Å²) in [4.78, 5) is 4.68. The predicted molar refractivity (Wildman–Crippen MR) is 186 cm³/mol. The summed E-state index contributed by atoms with van der Waals surface area (Å²) >= 11 is 0. The van der Waals surface area contributed by atoms with Crippen LogP contribution >= 0.6 is 0 Å². The maximum absolute atomic E-state index is 2.36. The third-order valence-electron chi connectivity index (χ3n) is 8.56. The number of hydrogen-bond donors (Lipinski definition) is 0. The average molecular weight is 551 g/mol. The Morgan fingerprint density at radius 3 is 1.23 bits per heavy atom. The van der Waals surface area contributed by atoms with Crippen molar-refractivity contribution in [3.05, 3.63) is 164 Å². The van der Waals surface area contributed by atoms with Gasteiger partial charge in [-0.25, -0.2) is 0 Å². The van der Waals surface area contributed by atoms with Crippen molar-refractivity contribution in [3.8, 4) is 0 Å². The SMILES string of the molecule is CN(c1ccc(N(c2ccc3ccccc3c2)c2ccc3ccccc3c2)cc1)c1c2ccccc2cc2ccccc12. The van der Waals surface area contributed by atoms with E-state index in [1.54, 1.807) is 0 Å². The van der Waals surface area contributed by atoms with Gasteiger partial charge in [-0.15, -0.1) is 0 Å². The molecule has 0 aromatic heterocycles. The van der Waals surface area contributed by atoms with Gasteiger partial charge in [0.15, 0.2) is 0 Å². The van der Waals surface area contributed by atoms with Gasteiger partial charge in [0.05, 0.1) is 5.69 Å². The lowest BCUT2D eigenvalue weighted by molar-refractivity contribution is 1.22. The summed E-state index contributed by atoms with van der Waals surface area (Å²) in [5.74, 6) is 0. The Bertz CT molecular complexity index is 2130. The van der Waals surface area contributed by atoms with Gasteiger partial charge in [0, 0.05) is 40.6 Å². The standard InChI is InChI=1S/C41H30N2/c1-42(41-39-16-8-6-14-33(39)26-34-15-7-9-17-40(34)41)35-22-24-36(25-23-35)43(37-20-18-29-10-2-4-12-31(29)27-37)38-21-19-30-11-3-5-13-32(30)28-38/h2-28H,1H3. The quantitative estimate of drug-likeness (QED) is 0.197. The van der Waals surface area contributed by atoms with Gasteiger partial charge in [-0.3, -0.25) is 0 Å². The molecule has 2 nitrogen and oxygen atoms in total. The fourth-order valence-electron chi connectivity index (χ4n) is 6.38. The van der Waals surface area contributed by atoms with E-state index >= 15 is 0 Å². The van der Waals surface area contributed by atoms with Crippen molar-refractivity contribution in [1.29, 1.82) is 0 Å². The largest absolute Gasteiger partial charge is 0.344 e. The van der Waals surface area contributed by atoms with Crippen molar-refractivity contribution in [2.24, 2.45) is 0 Å². The Labute approximate surface area is 251 Å². The molecule has 0 spiro atoms. The summed E-state index contributed by atoms with van der Waals surface area (Å²) in [6, 6.07) is 59.1. The second-order valence-electron chi connectivity index (χ2n) is 11.1. The highest BCUT2D eigenvalue weighted by molar-refractivity contribution is 6.12. The highest BCUT2D eigenvalue weighted by Crippen LogP contribution is 2.41. The molecular formula is C41H30N2. The number of rotatable bonds is 5. The Balaban J connectivity index is 1.25. The molecule has 2 heteroatoms. The minimum atomic E-state index is 1.12. The lowest BCUT2D eigenvalue weighted by Gasteiger charge is -2.28. The summed E-state index contributed by atoms with van der Waals surface area (Å²) in [5.41, 5.74) is 5.75. The molecule has 0 amide bonds. The van der Waals surface area contributed by atoms with Gasteiger partial charge in [-0.1, -0.05) is 109 Å². The van der Waals surface area contributed by atoms with Crippen LogP contribution in [-0.2, 0) is 0 Å². The lowest BCUT2D eigenvalue weighted by Crippen LogP contribution is -2.12. The first-order chi connectivity index (χ1) is 21.2. The van der Waals surface area contributed by atoms with E-state index in [9.17, 15) is 0 Å². The van der Waals surface area contributed by atoms with Gasteiger partial charge < -0.3 is 9.80 Å². The molecule has 0 fully saturated rings. The number of benzene rings is 8. The highest BCUT2D eigenvalue weighted by Gasteiger charge is 2.16. The van der Waals surface area contributed by atoms with E-state index in [1.165, 1.54) is 48.8 Å². The topological polar surface area (TPSA) is 6.48 Å². The molecule has 8 rings (SSSR count). The molecule has 204 valence electrons. The third-order valence-corrected chi connectivity index (χ3v) is 8.56. The van der Waals surface area contributed by atoms with Crippen molar-refractivity contribution in [1.82, 2.24) is 0 Å². The number of nitrogens with zero attached hydrogens (tertiary/aromatic N) is 2. The molecule has 0 radical (unpaired) electrons. The zero-order chi connectivity index (χ0) is 28.8. The second-order valence-corrected chi connectivity index (χ2v) is 11.1. The zero-order valence-electron chi connectivity index (χ0n) is 24.0. The van der Waals surface area contributed by atoms with E-state index in [0.29, 0.717) is 0 Å².